The Balaban J connectivity index is 1.59. The van der Waals surface area contributed by atoms with Gasteiger partial charge in [-0.15, -0.1) is 11.8 Å². The van der Waals surface area contributed by atoms with Gasteiger partial charge in [0.15, 0.2) is 5.17 Å². The van der Waals surface area contributed by atoms with Gasteiger partial charge in [-0.25, -0.2) is 14.8 Å². The summed E-state index contributed by atoms with van der Waals surface area (Å²) < 4.78 is 0.200. The first-order valence-electron chi connectivity index (χ1n) is 6.87. The number of aryl methyl sites for hydroxylation is 1. The summed E-state index contributed by atoms with van der Waals surface area (Å²) >= 11 is 3.20. The quantitative estimate of drug-likeness (QED) is 0.879. The molecule has 2 N–H and O–H groups in total. The predicted molar refractivity (Wildman–Crippen MR) is 93.3 cm³/mol. The van der Waals surface area contributed by atoms with Gasteiger partial charge in [-0.1, -0.05) is 11.8 Å². The van der Waals surface area contributed by atoms with Gasteiger partial charge in [-0.3, -0.25) is 4.99 Å². The van der Waals surface area contributed by atoms with E-state index in [0.29, 0.717) is 6.54 Å². The molecule has 3 rings (SSSR count). The Morgan fingerprint density at radius 2 is 2.17 bits per heavy atom. The van der Waals surface area contributed by atoms with Crippen molar-refractivity contribution in [2.24, 2.45) is 4.99 Å². The summed E-state index contributed by atoms with van der Waals surface area (Å²) in [7, 11) is 0. The summed E-state index contributed by atoms with van der Waals surface area (Å²) in [4.78, 5) is 24.4. The fourth-order valence-corrected chi connectivity index (χ4v) is 4.24. The maximum Gasteiger partial charge on any atom is 0.354 e. The van der Waals surface area contributed by atoms with Crippen molar-refractivity contribution >= 4 is 40.5 Å². The lowest BCUT2D eigenvalue weighted by Crippen LogP contribution is -2.07. The zero-order valence-electron chi connectivity index (χ0n) is 12.3. The second-order valence-corrected chi connectivity index (χ2v) is 7.60. The highest BCUT2D eigenvalue weighted by Gasteiger charge is 2.21. The third kappa shape index (κ3) is 4.23. The van der Waals surface area contributed by atoms with Crippen LogP contribution in [0.5, 0.6) is 0 Å². The number of carboxylic acids is 1. The average Bonchev–Trinajstić information content (AvgIpc) is 2.94. The van der Waals surface area contributed by atoms with Gasteiger partial charge >= 0.3 is 5.97 Å². The van der Waals surface area contributed by atoms with E-state index in [1.165, 1.54) is 6.20 Å². The largest absolute Gasteiger partial charge is 0.477 e. The monoisotopic (exact) mass is 346 g/mol. The fourth-order valence-electron chi connectivity index (χ4n) is 1.95. The molecule has 23 heavy (non-hydrogen) atoms. The minimum absolute atomic E-state index is 0.0567. The number of aromatic nitrogens is 2. The van der Waals surface area contributed by atoms with E-state index >= 15 is 0 Å². The van der Waals surface area contributed by atoms with E-state index in [9.17, 15) is 4.79 Å². The number of nitrogens with zero attached hydrogens (tertiary/aromatic N) is 3. The normalized spacial score (nSPS) is 16.9. The van der Waals surface area contributed by atoms with Crippen molar-refractivity contribution in [3.8, 4) is 0 Å². The summed E-state index contributed by atoms with van der Waals surface area (Å²) in [6, 6.07) is 7.30. The van der Waals surface area contributed by atoms with Crippen LogP contribution in [0.1, 0.15) is 16.1 Å². The maximum absolute atomic E-state index is 11.0. The van der Waals surface area contributed by atoms with Crippen molar-refractivity contribution in [2.45, 2.75) is 16.4 Å². The highest BCUT2D eigenvalue weighted by atomic mass is 32.2. The molecule has 1 atom stereocenters. The van der Waals surface area contributed by atoms with Crippen LogP contribution in [0.3, 0.4) is 0 Å². The number of aromatic carboxylic acids is 1. The van der Waals surface area contributed by atoms with Gasteiger partial charge in [0, 0.05) is 17.3 Å². The number of anilines is 1. The Labute approximate surface area is 141 Å². The number of hydrogen-bond acceptors (Lipinski definition) is 7. The first-order valence-corrected chi connectivity index (χ1v) is 8.63. The zero-order valence-corrected chi connectivity index (χ0v) is 13.9. The van der Waals surface area contributed by atoms with Crippen molar-refractivity contribution < 1.29 is 9.90 Å². The van der Waals surface area contributed by atoms with E-state index in [-0.39, 0.29) is 10.3 Å². The van der Waals surface area contributed by atoms with Crippen molar-refractivity contribution in [3.05, 3.63) is 47.9 Å². The summed E-state index contributed by atoms with van der Waals surface area (Å²) in [6.07, 6.45) is 3.27. The molecule has 2 aromatic heterocycles. The molecule has 0 aliphatic carbocycles. The molecular formula is C15H14N4O2S2. The Hall–Kier alpha value is -2.06. The number of hydrogen-bond donors (Lipinski definition) is 2. The minimum Gasteiger partial charge on any atom is -0.477 e. The molecule has 0 saturated heterocycles. The molecule has 0 aromatic carbocycles. The minimum atomic E-state index is -1.02. The van der Waals surface area contributed by atoms with Crippen LogP contribution in [0.25, 0.3) is 0 Å². The number of carboxylic acid groups (broad SMARTS) is 1. The van der Waals surface area contributed by atoms with Gasteiger partial charge in [0.1, 0.15) is 11.5 Å². The lowest BCUT2D eigenvalue weighted by atomic mass is 10.3. The van der Waals surface area contributed by atoms with Gasteiger partial charge in [0.25, 0.3) is 0 Å². The molecule has 3 heterocycles. The molecule has 0 spiro atoms. The van der Waals surface area contributed by atoms with E-state index in [0.717, 1.165) is 21.4 Å². The molecular weight excluding hydrogens is 332 g/mol. The first-order chi connectivity index (χ1) is 11.1. The van der Waals surface area contributed by atoms with Crippen LogP contribution in [0.15, 0.2) is 46.5 Å². The van der Waals surface area contributed by atoms with E-state index in [4.69, 9.17) is 5.11 Å². The second kappa shape index (κ2) is 7.01. The van der Waals surface area contributed by atoms with E-state index in [1.807, 2.05) is 25.1 Å². The maximum atomic E-state index is 11.0. The van der Waals surface area contributed by atoms with Crippen LogP contribution in [-0.4, -0.2) is 37.3 Å². The number of carbonyl (C=O) groups is 1. The van der Waals surface area contributed by atoms with Gasteiger partial charge in [-0.05, 0) is 36.8 Å². The molecule has 2 aromatic rings. The van der Waals surface area contributed by atoms with Crippen molar-refractivity contribution in [2.75, 3.05) is 11.9 Å². The van der Waals surface area contributed by atoms with Crippen LogP contribution < -0.4 is 5.32 Å². The second-order valence-electron chi connectivity index (χ2n) is 4.84. The van der Waals surface area contributed by atoms with Crippen molar-refractivity contribution in [3.63, 3.8) is 0 Å². The highest BCUT2D eigenvalue weighted by Crippen LogP contribution is 2.35. The smallest absolute Gasteiger partial charge is 0.354 e. The number of thioether (sulfide) groups is 2. The van der Waals surface area contributed by atoms with E-state index in [1.54, 1.807) is 35.8 Å². The number of amidine groups is 1. The fraction of sp³-hybridized carbons (Fsp3) is 0.200. The molecule has 1 aliphatic rings. The molecule has 8 heteroatoms. The van der Waals surface area contributed by atoms with Crippen LogP contribution in [0, 0.1) is 6.92 Å². The van der Waals surface area contributed by atoms with Crippen LogP contribution >= 0.6 is 23.5 Å². The highest BCUT2D eigenvalue weighted by molar-refractivity contribution is 8.25. The number of pyridine rings is 2. The lowest BCUT2D eigenvalue weighted by molar-refractivity contribution is 0.0690. The number of rotatable bonds is 4. The molecule has 0 fully saturated rings. The summed E-state index contributed by atoms with van der Waals surface area (Å²) in [5.74, 6) is -0.241. The van der Waals surface area contributed by atoms with E-state index in [2.05, 4.69) is 20.3 Å². The molecule has 0 bridgehead atoms. The standard InChI is InChI=1S/C15H14N4O2S2/c1-9-2-4-17-12(6-9)19-15-18-8-13(23-15)22-10-3-5-16-11(7-10)14(20)21/h2-7,13H,8H2,1H3,(H,20,21)(H,17,18,19). The SMILES string of the molecule is Cc1ccnc(NC2=NCC(Sc3ccnc(C(=O)O)c3)S2)c1. The molecule has 1 aliphatic heterocycles. The van der Waals surface area contributed by atoms with Crippen molar-refractivity contribution in [1.29, 1.82) is 0 Å². The number of aliphatic imine (C=N–C) groups is 1. The topological polar surface area (TPSA) is 87.5 Å². The Morgan fingerprint density at radius 1 is 1.35 bits per heavy atom. The Kier molecular flexibility index (Phi) is 4.82. The van der Waals surface area contributed by atoms with Gasteiger partial charge in [0.2, 0.25) is 0 Å². The summed E-state index contributed by atoms with van der Waals surface area (Å²) in [5.41, 5.74) is 1.19. The van der Waals surface area contributed by atoms with E-state index < -0.39 is 5.97 Å². The third-order valence-electron chi connectivity index (χ3n) is 3.00. The van der Waals surface area contributed by atoms with Crippen LogP contribution in [0.2, 0.25) is 0 Å². The molecule has 118 valence electrons. The van der Waals surface area contributed by atoms with Crippen LogP contribution in [0.4, 0.5) is 5.82 Å². The third-order valence-corrected chi connectivity index (χ3v) is 5.38. The zero-order chi connectivity index (χ0) is 16.2. The first kappa shape index (κ1) is 15.8. The molecule has 0 radical (unpaired) electrons. The molecule has 0 saturated carbocycles. The lowest BCUT2D eigenvalue weighted by Gasteiger charge is -2.09. The predicted octanol–water partition coefficient (Wildman–Crippen LogP) is 3.12. The molecule has 1 unspecified atom stereocenters. The van der Waals surface area contributed by atoms with Crippen LogP contribution in [-0.2, 0) is 0 Å². The van der Waals surface area contributed by atoms with Crippen molar-refractivity contribution in [1.82, 2.24) is 9.97 Å². The van der Waals surface area contributed by atoms with Gasteiger partial charge < -0.3 is 10.4 Å². The molecule has 6 nitrogen and oxygen atoms in total. The summed E-state index contributed by atoms with van der Waals surface area (Å²) in [6.45, 7) is 2.67. The summed E-state index contributed by atoms with van der Waals surface area (Å²) in [5, 5.41) is 13.0. The Bertz CT molecular complexity index is 767. The Morgan fingerprint density at radius 3 is 2.96 bits per heavy atom. The average molecular weight is 346 g/mol. The molecule has 0 amide bonds. The van der Waals surface area contributed by atoms with Gasteiger partial charge in [0.05, 0.1) is 11.1 Å². The van der Waals surface area contributed by atoms with Gasteiger partial charge in [-0.2, -0.15) is 0 Å². The number of nitrogens with one attached hydrogen (secondary N) is 1.